The third-order valence-electron chi connectivity index (χ3n) is 2.82. The second kappa shape index (κ2) is 3.75. The van der Waals surface area contributed by atoms with Crippen LogP contribution in [0.5, 0.6) is 0 Å². The molecule has 1 aliphatic carbocycles. The molecular weight excluding hydrogens is 176 g/mol. The van der Waals surface area contributed by atoms with Crippen LogP contribution in [0.15, 0.2) is 23.9 Å². The van der Waals surface area contributed by atoms with Crippen molar-refractivity contribution in [1.29, 1.82) is 0 Å². The summed E-state index contributed by atoms with van der Waals surface area (Å²) < 4.78 is 0. The maximum Gasteiger partial charge on any atom is 0.0838 e. The molecule has 0 radical (unpaired) electrons. The summed E-state index contributed by atoms with van der Waals surface area (Å²) in [4.78, 5) is 2.36. The van der Waals surface area contributed by atoms with Gasteiger partial charge in [0.25, 0.3) is 0 Å². The molecule has 0 bridgehead atoms. The van der Waals surface area contributed by atoms with Crippen LogP contribution in [0.25, 0.3) is 0 Å². The van der Waals surface area contributed by atoms with Gasteiger partial charge >= 0.3 is 0 Å². The van der Waals surface area contributed by atoms with Gasteiger partial charge in [0.1, 0.15) is 0 Å². The van der Waals surface area contributed by atoms with Gasteiger partial charge in [-0.2, -0.15) is 0 Å². The van der Waals surface area contributed by atoms with Gasteiger partial charge in [-0.3, -0.25) is 0 Å². The lowest BCUT2D eigenvalue weighted by atomic mass is 9.96. The standard InChI is InChI=1S/C11H18N2O/c1-11(14)4-2-10(3-5-11)13-8-6-12-7-9-13/h2-4,12,14H,5-9H2,1H3. The van der Waals surface area contributed by atoms with Gasteiger partial charge in [-0.1, -0.05) is 12.2 Å². The first-order valence-electron chi connectivity index (χ1n) is 5.25. The van der Waals surface area contributed by atoms with E-state index in [2.05, 4.69) is 16.3 Å². The molecule has 1 unspecified atom stereocenters. The molecule has 1 atom stereocenters. The Morgan fingerprint density at radius 3 is 2.71 bits per heavy atom. The Hall–Kier alpha value is -0.800. The molecule has 1 aliphatic heterocycles. The van der Waals surface area contributed by atoms with Gasteiger partial charge < -0.3 is 15.3 Å². The van der Waals surface area contributed by atoms with Crippen LogP contribution in [0, 0.1) is 0 Å². The monoisotopic (exact) mass is 194 g/mol. The van der Waals surface area contributed by atoms with Crippen LogP contribution in [-0.2, 0) is 0 Å². The van der Waals surface area contributed by atoms with Crippen molar-refractivity contribution in [2.75, 3.05) is 26.2 Å². The zero-order valence-electron chi connectivity index (χ0n) is 8.66. The molecule has 2 aliphatic rings. The summed E-state index contributed by atoms with van der Waals surface area (Å²) in [7, 11) is 0. The van der Waals surface area contributed by atoms with Gasteiger partial charge in [0.15, 0.2) is 0 Å². The van der Waals surface area contributed by atoms with Gasteiger partial charge in [-0.05, 0) is 19.4 Å². The van der Waals surface area contributed by atoms with Gasteiger partial charge in [0.2, 0.25) is 0 Å². The predicted molar refractivity (Wildman–Crippen MR) is 56.9 cm³/mol. The minimum atomic E-state index is -0.641. The molecular formula is C11H18N2O. The number of aliphatic hydroxyl groups is 1. The van der Waals surface area contributed by atoms with Gasteiger partial charge in [-0.15, -0.1) is 0 Å². The Morgan fingerprint density at radius 2 is 2.14 bits per heavy atom. The summed E-state index contributed by atoms with van der Waals surface area (Å²) in [6.07, 6.45) is 6.78. The minimum absolute atomic E-state index is 0.641. The average molecular weight is 194 g/mol. The first-order valence-corrected chi connectivity index (χ1v) is 5.25. The molecule has 1 fully saturated rings. The molecule has 2 rings (SSSR count). The number of piperazine rings is 1. The zero-order chi connectivity index (χ0) is 10.0. The second-order valence-corrected chi connectivity index (χ2v) is 4.26. The number of hydrogen-bond acceptors (Lipinski definition) is 3. The fourth-order valence-corrected chi connectivity index (χ4v) is 1.87. The normalized spacial score (nSPS) is 33.0. The predicted octanol–water partition coefficient (Wildman–Crippen LogP) is 0.486. The molecule has 1 heterocycles. The van der Waals surface area contributed by atoms with Crippen LogP contribution in [0.3, 0.4) is 0 Å². The molecule has 0 aromatic rings. The van der Waals surface area contributed by atoms with E-state index < -0.39 is 5.60 Å². The molecule has 0 aromatic heterocycles. The largest absolute Gasteiger partial charge is 0.386 e. The van der Waals surface area contributed by atoms with E-state index in [4.69, 9.17) is 0 Å². The van der Waals surface area contributed by atoms with Crippen LogP contribution in [0.1, 0.15) is 13.3 Å². The first-order chi connectivity index (χ1) is 6.67. The van der Waals surface area contributed by atoms with Crippen molar-refractivity contribution in [3.05, 3.63) is 23.9 Å². The molecule has 78 valence electrons. The van der Waals surface area contributed by atoms with Crippen molar-refractivity contribution in [1.82, 2.24) is 10.2 Å². The van der Waals surface area contributed by atoms with E-state index in [1.807, 2.05) is 19.1 Å². The van der Waals surface area contributed by atoms with E-state index in [0.29, 0.717) is 0 Å². The van der Waals surface area contributed by atoms with Crippen molar-refractivity contribution in [2.24, 2.45) is 0 Å². The summed E-state index contributed by atoms with van der Waals surface area (Å²) in [5.74, 6) is 0. The average Bonchev–Trinajstić information content (AvgIpc) is 2.19. The Balaban J connectivity index is 1.99. The van der Waals surface area contributed by atoms with Gasteiger partial charge in [0.05, 0.1) is 5.60 Å². The number of rotatable bonds is 1. The van der Waals surface area contributed by atoms with Gasteiger partial charge in [0, 0.05) is 31.9 Å². The lowest BCUT2D eigenvalue weighted by Crippen LogP contribution is -2.43. The van der Waals surface area contributed by atoms with E-state index in [1.165, 1.54) is 5.70 Å². The minimum Gasteiger partial charge on any atom is -0.386 e. The summed E-state index contributed by atoms with van der Waals surface area (Å²) in [5.41, 5.74) is 0.621. The van der Waals surface area contributed by atoms with Crippen molar-refractivity contribution in [3.63, 3.8) is 0 Å². The number of nitrogens with one attached hydrogen (secondary N) is 1. The second-order valence-electron chi connectivity index (χ2n) is 4.26. The Morgan fingerprint density at radius 1 is 1.43 bits per heavy atom. The van der Waals surface area contributed by atoms with Crippen molar-refractivity contribution >= 4 is 0 Å². The molecule has 0 aromatic carbocycles. The van der Waals surface area contributed by atoms with Crippen molar-refractivity contribution < 1.29 is 5.11 Å². The lowest BCUT2D eigenvalue weighted by molar-refractivity contribution is 0.112. The highest BCUT2D eigenvalue weighted by molar-refractivity contribution is 5.26. The Bertz CT molecular complexity index is 262. The van der Waals surface area contributed by atoms with Gasteiger partial charge in [-0.25, -0.2) is 0 Å². The maximum atomic E-state index is 9.73. The SMILES string of the molecule is CC1(O)C=CC(N2CCNCC2)=CC1. The molecule has 0 amide bonds. The highest BCUT2D eigenvalue weighted by Gasteiger charge is 2.20. The third kappa shape index (κ3) is 2.16. The summed E-state index contributed by atoms with van der Waals surface area (Å²) in [6, 6.07) is 0. The van der Waals surface area contributed by atoms with Crippen LogP contribution < -0.4 is 5.32 Å². The Labute approximate surface area is 85.1 Å². The quantitative estimate of drug-likeness (QED) is 0.637. The van der Waals surface area contributed by atoms with Crippen LogP contribution >= 0.6 is 0 Å². The van der Waals surface area contributed by atoms with Crippen molar-refractivity contribution in [2.45, 2.75) is 18.9 Å². The number of nitrogens with zero attached hydrogens (tertiary/aromatic N) is 1. The highest BCUT2D eigenvalue weighted by atomic mass is 16.3. The van der Waals surface area contributed by atoms with Crippen LogP contribution in [0.2, 0.25) is 0 Å². The Kier molecular flexibility index (Phi) is 2.61. The number of allylic oxidation sites excluding steroid dienone is 1. The topological polar surface area (TPSA) is 35.5 Å². The molecule has 1 saturated heterocycles. The van der Waals surface area contributed by atoms with Crippen molar-refractivity contribution in [3.8, 4) is 0 Å². The molecule has 0 saturated carbocycles. The molecule has 2 N–H and O–H groups in total. The molecule has 14 heavy (non-hydrogen) atoms. The summed E-state index contributed by atoms with van der Waals surface area (Å²) >= 11 is 0. The molecule has 0 spiro atoms. The smallest absolute Gasteiger partial charge is 0.0838 e. The van der Waals surface area contributed by atoms with Crippen LogP contribution in [0.4, 0.5) is 0 Å². The van der Waals surface area contributed by atoms with E-state index in [-0.39, 0.29) is 0 Å². The first kappa shape index (κ1) is 9.74. The van der Waals surface area contributed by atoms with E-state index >= 15 is 0 Å². The fraction of sp³-hybridized carbons (Fsp3) is 0.636. The summed E-state index contributed by atoms with van der Waals surface area (Å²) in [6.45, 7) is 6.09. The fourth-order valence-electron chi connectivity index (χ4n) is 1.87. The van der Waals surface area contributed by atoms with E-state index in [0.717, 1.165) is 32.6 Å². The zero-order valence-corrected chi connectivity index (χ0v) is 8.66. The maximum absolute atomic E-state index is 9.73. The van der Waals surface area contributed by atoms with E-state index in [9.17, 15) is 5.11 Å². The summed E-state index contributed by atoms with van der Waals surface area (Å²) in [5, 5.41) is 13.1. The van der Waals surface area contributed by atoms with E-state index in [1.54, 1.807) is 0 Å². The molecule has 3 heteroatoms. The lowest BCUT2D eigenvalue weighted by Gasteiger charge is -2.33. The number of hydrogen-bond donors (Lipinski definition) is 2. The molecule has 3 nitrogen and oxygen atoms in total. The third-order valence-corrected chi connectivity index (χ3v) is 2.82. The highest BCUT2D eigenvalue weighted by Crippen LogP contribution is 2.22. The van der Waals surface area contributed by atoms with Crippen LogP contribution in [-0.4, -0.2) is 41.8 Å².